The average molecular weight is 228 g/mol. The highest BCUT2D eigenvalue weighted by Gasteiger charge is 2.18. The summed E-state index contributed by atoms with van der Waals surface area (Å²) in [5.74, 6) is 0.964. The first-order chi connectivity index (χ1) is 7.89. The maximum absolute atomic E-state index is 4.51. The highest BCUT2D eigenvalue weighted by atomic mass is 14.9. The predicted molar refractivity (Wildman–Crippen MR) is 72.2 cm³/mol. The van der Waals surface area contributed by atoms with Gasteiger partial charge < -0.3 is 4.98 Å². The second-order valence-electron chi connectivity index (χ2n) is 5.62. The van der Waals surface area contributed by atoms with Crippen molar-refractivity contribution in [2.24, 2.45) is 0 Å². The first kappa shape index (κ1) is 11.9. The van der Waals surface area contributed by atoms with Gasteiger partial charge in [-0.25, -0.2) is 4.98 Å². The number of hydrogen-bond donors (Lipinski definition) is 1. The summed E-state index contributed by atoms with van der Waals surface area (Å²) in [6, 6.07) is 6.44. The zero-order valence-electron chi connectivity index (χ0n) is 11.3. The minimum Gasteiger partial charge on any atom is -0.344 e. The molecule has 2 rings (SSSR count). The summed E-state index contributed by atoms with van der Waals surface area (Å²) in [5, 5.41) is 0. The average Bonchev–Trinajstić information content (AvgIpc) is 2.63. The Hall–Kier alpha value is -1.57. The van der Waals surface area contributed by atoms with Crippen LogP contribution < -0.4 is 0 Å². The lowest BCUT2D eigenvalue weighted by atomic mass is 9.82. The maximum atomic E-state index is 4.51. The lowest BCUT2D eigenvalue weighted by Crippen LogP contribution is -2.13. The number of H-pyrrole nitrogens is 1. The van der Waals surface area contributed by atoms with Gasteiger partial charge in [0.05, 0.1) is 5.69 Å². The summed E-state index contributed by atoms with van der Waals surface area (Å²) in [6.07, 6.45) is 1.94. The number of nitrogens with one attached hydrogen (secondary N) is 1. The van der Waals surface area contributed by atoms with E-state index in [1.54, 1.807) is 0 Å². The van der Waals surface area contributed by atoms with Crippen LogP contribution in [0, 0.1) is 13.8 Å². The normalized spacial score (nSPS) is 11.8. The van der Waals surface area contributed by atoms with E-state index in [1.807, 2.05) is 13.1 Å². The van der Waals surface area contributed by atoms with E-state index in [0.29, 0.717) is 0 Å². The van der Waals surface area contributed by atoms with Crippen LogP contribution in [0.3, 0.4) is 0 Å². The van der Waals surface area contributed by atoms with Crippen molar-refractivity contribution in [2.45, 2.75) is 40.0 Å². The molecule has 0 spiro atoms. The van der Waals surface area contributed by atoms with Gasteiger partial charge >= 0.3 is 0 Å². The molecule has 1 heterocycles. The molecule has 1 aromatic heterocycles. The van der Waals surface area contributed by atoms with Crippen molar-refractivity contribution in [1.29, 1.82) is 0 Å². The minimum absolute atomic E-state index is 0.168. The molecule has 0 atom stereocenters. The van der Waals surface area contributed by atoms with Gasteiger partial charge in [0.25, 0.3) is 0 Å². The van der Waals surface area contributed by atoms with E-state index in [9.17, 15) is 0 Å². The highest BCUT2D eigenvalue weighted by Crippen LogP contribution is 2.31. The van der Waals surface area contributed by atoms with Gasteiger partial charge in [-0.1, -0.05) is 39.0 Å². The quantitative estimate of drug-likeness (QED) is 0.785. The van der Waals surface area contributed by atoms with Crippen LogP contribution in [0.5, 0.6) is 0 Å². The Morgan fingerprint density at radius 3 is 2.35 bits per heavy atom. The third-order valence-electron chi connectivity index (χ3n) is 3.10. The molecular formula is C15H20N2. The molecule has 0 aliphatic rings. The molecule has 1 N–H and O–H groups in total. The van der Waals surface area contributed by atoms with Crippen molar-refractivity contribution >= 4 is 0 Å². The Morgan fingerprint density at radius 2 is 1.82 bits per heavy atom. The lowest BCUT2D eigenvalue weighted by Gasteiger charge is -2.22. The molecule has 0 saturated carbocycles. The number of imidazole rings is 1. The molecular weight excluding hydrogens is 208 g/mol. The van der Waals surface area contributed by atoms with E-state index in [1.165, 1.54) is 16.7 Å². The largest absolute Gasteiger partial charge is 0.344 e. The van der Waals surface area contributed by atoms with Crippen LogP contribution in [-0.2, 0) is 5.41 Å². The molecule has 1 aromatic carbocycles. The Balaban J connectivity index is 2.57. The monoisotopic (exact) mass is 228 g/mol. The van der Waals surface area contributed by atoms with Gasteiger partial charge in [-0.15, -0.1) is 0 Å². The fourth-order valence-corrected chi connectivity index (χ4v) is 2.26. The summed E-state index contributed by atoms with van der Waals surface area (Å²) in [4.78, 5) is 7.74. The van der Waals surface area contributed by atoms with Crippen molar-refractivity contribution < 1.29 is 0 Å². The molecule has 2 aromatic rings. The molecule has 0 aliphatic heterocycles. The molecule has 17 heavy (non-hydrogen) atoms. The summed E-state index contributed by atoms with van der Waals surface area (Å²) >= 11 is 0. The molecule has 90 valence electrons. The Kier molecular flexibility index (Phi) is 2.82. The molecule has 0 saturated heterocycles. The van der Waals surface area contributed by atoms with Gasteiger partial charge in [0, 0.05) is 11.8 Å². The maximum Gasteiger partial charge on any atom is 0.137 e. The number of aromatic amines is 1. The van der Waals surface area contributed by atoms with Crippen LogP contribution in [0.25, 0.3) is 11.4 Å². The topological polar surface area (TPSA) is 28.7 Å². The Morgan fingerprint density at radius 1 is 1.12 bits per heavy atom. The molecule has 2 heteroatoms. The van der Waals surface area contributed by atoms with Crippen LogP contribution in [0.15, 0.2) is 24.4 Å². The zero-order valence-corrected chi connectivity index (χ0v) is 11.3. The van der Waals surface area contributed by atoms with Crippen LogP contribution in [-0.4, -0.2) is 9.97 Å². The summed E-state index contributed by atoms with van der Waals surface area (Å²) in [6.45, 7) is 10.9. The van der Waals surface area contributed by atoms with E-state index >= 15 is 0 Å². The third kappa shape index (κ3) is 2.26. The Bertz CT molecular complexity index is 530. The molecule has 0 unspecified atom stereocenters. The van der Waals surface area contributed by atoms with E-state index in [-0.39, 0.29) is 5.41 Å². The van der Waals surface area contributed by atoms with Crippen molar-refractivity contribution in [1.82, 2.24) is 9.97 Å². The molecule has 0 radical (unpaired) electrons. The molecule has 0 fully saturated rings. The number of rotatable bonds is 1. The number of aryl methyl sites for hydroxylation is 1. The van der Waals surface area contributed by atoms with Crippen LogP contribution >= 0.6 is 0 Å². The van der Waals surface area contributed by atoms with Crippen molar-refractivity contribution in [3.8, 4) is 11.4 Å². The van der Waals surface area contributed by atoms with Crippen LogP contribution in [0.1, 0.15) is 37.6 Å². The van der Waals surface area contributed by atoms with Crippen molar-refractivity contribution in [3.63, 3.8) is 0 Å². The molecule has 0 aliphatic carbocycles. The summed E-state index contributed by atoms with van der Waals surface area (Å²) in [5.41, 5.74) is 5.09. The standard InChI is InChI=1S/C15H20N2/c1-10-9-16-14(17-10)12-7-6-8-13(11(12)2)15(3,4)5/h6-9H,1-5H3,(H,16,17). The summed E-state index contributed by atoms with van der Waals surface area (Å²) < 4.78 is 0. The van der Waals surface area contributed by atoms with Gasteiger partial charge in [-0.05, 0) is 30.4 Å². The third-order valence-corrected chi connectivity index (χ3v) is 3.10. The van der Waals surface area contributed by atoms with Crippen LogP contribution in [0.2, 0.25) is 0 Å². The van der Waals surface area contributed by atoms with Gasteiger partial charge in [0.2, 0.25) is 0 Å². The zero-order chi connectivity index (χ0) is 12.6. The van der Waals surface area contributed by atoms with Gasteiger partial charge in [-0.3, -0.25) is 0 Å². The van der Waals surface area contributed by atoms with E-state index < -0.39 is 0 Å². The minimum atomic E-state index is 0.168. The lowest BCUT2D eigenvalue weighted by molar-refractivity contribution is 0.586. The second-order valence-corrected chi connectivity index (χ2v) is 5.62. The van der Waals surface area contributed by atoms with Gasteiger partial charge in [0.15, 0.2) is 0 Å². The highest BCUT2D eigenvalue weighted by molar-refractivity contribution is 5.63. The molecule has 0 bridgehead atoms. The van der Waals surface area contributed by atoms with E-state index in [2.05, 4.69) is 55.9 Å². The van der Waals surface area contributed by atoms with Crippen LogP contribution in [0.4, 0.5) is 0 Å². The SMILES string of the molecule is Cc1c[nH]c(-c2cccc(C(C)(C)C)c2C)n1. The van der Waals surface area contributed by atoms with Crippen molar-refractivity contribution in [2.75, 3.05) is 0 Å². The predicted octanol–water partition coefficient (Wildman–Crippen LogP) is 3.99. The van der Waals surface area contributed by atoms with E-state index in [0.717, 1.165) is 11.5 Å². The first-order valence-electron chi connectivity index (χ1n) is 6.02. The number of nitrogens with zero attached hydrogens (tertiary/aromatic N) is 1. The first-order valence-corrected chi connectivity index (χ1v) is 6.02. The molecule has 0 amide bonds. The Labute approximate surface area is 103 Å². The van der Waals surface area contributed by atoms with Gasteiger partial charge in [0.1, 0.15) is 5.82 Å². The van der Waals surface area contributed by atoms with E-state index in [4.69, 9.17) is 0 Å². The number of hydrogen-bond acceptors (Lipinski definition) is 1. The van der Waals surface area contributed by atoms with Crippen molar-refractivity contribution in [3.05, 3.63) is 41.2 Å². The smallest absolute Gasteiger partial charge is 0.137 e. The molecule has 2 nitrogen and oxygen atoms in total. The number of benzene rings is 1. The van der Waals surface area contributed by atoms with Gasteiger partial charge in [-0.2, -0.15) is 0 Å². The fraction of sp³-hybridized carbons (Fsp3) is 0.400. The fourth-order valence-electron chi connectivity index (χ4n) is 2.26. The summed E-state index contributed by atoms with van der Waals surface area (Å²) in [7, 11) is 0. The number of aromatic nitrogens is 2. The second kappa shape index (κ2) is 4.02.